The van der Waals surface area contributed by atoms with Gasteiger partial charge in [-0.3, -0.25) is 14.4 Å². The van der Waals surface area contributed by atoms with Gasteiger partial charge in [0.1, 0.15) is 6.26 Å². The topological polar surface area (TPSA) is 82.9 Å². The lowest BCUT2D eigenvalue weighted by atomic mass is 9.96. The Bertz CT molecular complexity index is 933. The van der Waals surface area contributed by atoms with Crippen molar-refractivity contribution in [2.45, 2.75) is 26.2 Å². The molecule has 3 rings (SSSR count). The van der Waals surface area contributed by atoms with Crippen LogP contribution in [0.25, 0.3) is 0 Å². The highest BCUT2D eigenvalue weighted by Gasteiger charge is 2.32. The molecule has 31 heavy (non-hydrogen) atoms. The molecule has 1 aromatic heterocycles. The highest BCUT2D eigenvalue weighted by atomic mass is 35.5. The number of rotatable bonds is 7. The fourth-order valence-corrected chi connectivity index (χ4v) is 4.02. The van der Waals surface area contributed by atoms with E-state index in [0.29, 0.717) is 53.8 Å². The van der Waals surface area contributed by atoms with Crippen molar-refractivity contribution in [2.75, 3.05) is 31.5 Å². The SMILES string of the molecule is CCCN(CC(=O)Nc1cc(Cl)ccc1Cl)C(=O)C1CCCN(C(=O)c2ccoc2)C1. The third kappa shape index (κ3) is 6.02. The van der Waals surface area contributed by atoms with Crippen molar-refractivity contribution in [3.8, 4) is 0 Å². The van der Waals surface area contributed by atoms with Gasteiger partial charge < -0.3 is 19.5 Å². The molecule has 1 aliphatic heterocycles. The summed E-state index contributed by atoms with van der Waals surface area (Å²) in [6.45, 7) is 3.21. The Morgan fingerprint density at radius 1 is 1.26 bits per heavy atom. The summed E-state index contributed by atoms with van der Waals surface area (Å²) < 4.78 is 4.99. The highest BCUT2D eigenvalue weighted by molar-refractivity contribution is 6.35. The van der Waals surface area contributed by atoms with Crippen LogP contribution in [-0.4, -0.2) is 53.7 Å². The van der Waals surface area contributed by atoms with E-state index in [1.54, 1.807) is 34.1 Å². The average Bonchev–Trinajstić information content (AvgIpc) is 3.30. The van der Waals surface area contributed by atoms with Crippen LogP contribution < -0.4 is 5.32 Å². The molecular weight excluding hydrogens is 441 g/mol. The van der Waals surface area contributed by atoms with Crippen molar-refractivity contribution in [1.29, 1.82) is 0 Å². The molecule has 7 nitrogen and oxygen atoms in total. The van der Waals surface area contributed by atoms with Crippen molar-refractivity contribution in [2.24, 2.45) is 5.92 Å². The van der Waals surface area contributed by atoms with Crippen LogP contribution in [0.3, 0.4) is 0 Å². The lowest BCUT2D eigenvalue weighted by Crippen LogP contribution is -2.48. The zero-order valence-corrected chi connectivity index (χ0v) is 18.8. The first-order valence-corrected chi connectivity index (χ1v) is 11.0. The van der Waals surface area contributed by atoms with E-state index in [2.05, 4.69) is 5.32 Å². The van der Waals surface area contributed by atoms with Crippen molar-refractivity contribution in [3.05, 3.63) is 52.4 Å². The number of nitrogens with one attached hydrogen (secondary N) is 1. The van der Waals surface area contributed by atoms with Gasteiger partial charge in [-0.25, -0.2) is 0 Å². The molecule has 1 unspecified atom stereocenters. The minimum Gasteiger partial charge on any atom is -0.472 e. The standard InChI is InChI=1S/C22H25Cl2N3O4/c1-2-8-26(13-20(28)25-19-11-17(23)5-6-18(19)24)21(29)15-4-3-9-27(12-15)22(30)16-7-10-31-14-16/h5-7,10-11,14-15H,2-4,8-9,12-13H2,1H3,(H,25,28). The van der Waals surface area contributed by atoms with Crippen LogP contribution in [0.1, 0.15) is 36.5 Å². The largest absolute Gasteiger partial charge is 0.472 e. The minimum atomic E-state index is -0.354. The van der Waals surface area contributed by atoms with Crippen LogP contribution in [0.2, 0.25) is 10.0 Å². The number of anilines is 1. The molecule has 1 aromatic carbocycles. The minimum absolute atomic E-state index is 0.0955. The first-order valence-electron chi connectivity index (χ1n) is 10.2. The van der Waals surface area contributed by atoms with Crippen molar-refractivity contribution >= 4 is 46.6 Å². The lowest BCUT2D eigenvalue weighted by Gasteiger charge is -2.34. The Morgan fingerprint density at radius 3 is 2.77 bits per heavy atom. The maximum atomic E-state index is 13.2. The Kier molecular flexibility index (Phi) is 7.98. The van der Waals surface area contributed by atoms with Crippen LogP contribution >= 0.6 is 23.2 Å². The predicted octanol–water partition coefficient (Wildman–Crippen LogP) is 4.32. The molecule has 0 aliphatic carbocycles. The summed E-state index contributed by atoms with van der Waals surface area (Å²) in [4.78, 5) is 41.6. The van der Waals surface area contributed by atoms with Gasteiger partial charge in [0.2, 0.25) is 11.8 Å². The van der Waals surface area contributed by atoms with Gasteiger partial charge in [-0.05, 0) is 43.5 Å². The molecule has 0 bridgehead atoms. The number of hydrogen-bond donors (Lipinski definition) is 1. The summed E-state index contributed by atoms with van der Waals surface area (Å²) in [5.41, 5.74) is 0.869. The van der Waals surface area contributed by atoms with Crippen LogP contribution in [0, 0.1) is 5.92 Å². The monoisotopic (exact) mass is 465 g/mol. The second-order valence-electron chi connectivity index (χ2n) is 7.53. The molecule has 0 spiro atoms. The number of furan rings is 1. The second-order valence-corrected chi connectivity index (χ2v) is 8.38. The van der Waals surface area contributed by atoms with Crippen LogP contribution in [0.15, 0.2) is 41.2 Å². The second kappa shape index (κ2) is 10.7. The molecule has 1 fully saturated rings. The summed E-state index contributed by atoms with van der Waals surface area (Å²) in [5.74, 6) is -0.979. The molecule has 2 aromatic rings. The fraction of sp³-hybridized carbons (Fsp3) is 0.409. The molecule has 0 radical (unpaired) electrons. The highest BCUT2D eigenvalue weighted by Crippen LogP contribution is 2.26. The third-order valence-electron chi connectivity index (χ3n) is 5.17. The van der Waals surface area contributed by atoms with E-state index in [1.165, 1.54) is 12.5 Å². The number of carbonyl (C=O) groups is 3. The average molecular weight is 466 g/mol. The lowest BCUT2D eigenvalue weighted by molar-refractivity contribution is -0.139. The molecule has 9 heteroatoms. The van der Waals surface area contributed by atoms with Crippen LogP contribution in [-0.2, 0) is 9.59 Å². The van der Waals surface area contributed by atoms with Gasteiger partial charge in [0.05, 0.1) is 35.0 Å². The van der Waals surface area contributed by atoms with E-state index in [0.717, 1.165) is 6.42 Å². The van der Waals surface area contributed by atoms with Gasteiger partial charge in [-0.1, -0.05) is 30.1 Å². The van der Waals surface area contributed by atoms with Gasteiger partial charge in [-0.2, -0.15) is 0 Å². The smallest absolute Gasteiger partial charge is 0.257 e. The number of carbonyl (C=O) groups excluding carboxylic acids is 3. The maximum absolute atomic E-state index is 13.2. The summed E-state index contributed by atoms with van der Waals surface area (Å²) in [6.07, 6.45) is 4.97. The van der Waals surface area contributed by atoms with Gasteiger partial charge in [0, 0.05) is 24.7 Å². The molecule has 1 aliphatic rings. The number of piperidine rings is 1. The molecule has 2 heterocycles. The number of likely N-dealkylation sites (tertiary alicyclic amines) is 1. The first-order chi connectivity index (χ1) is 14.9. The van der Waals surface area contributed by atoms with Gasteiger partial charge in [0.15, 0.2) is 0 Å². The van der Waals surface area contributed by atoms with Crippen molar-refractivity contribution in [1.82, 2.24) is 9.80 Å². The molecule has 1 N–H and O–H groups in total. The van der Waals surface area contributed by atoms with Gasteiger partial charge in [-0.15, -0.1) is 0 Å². The van der Waals surface area contributed by atoms with Gasteiger partial charge in [0.25, 0.3) is 5.91 Å². The van der Waals surface area contributed by atoms with Crippen LogP contribution in [0.5, 0.6) is 0 Å². The molecule has 166 valence electrons. The fourth-order valence-electron chi connectivity index (χ4n) is 3.68. The quantitative estimate of drug-likeness (QED) is 0.659. The first kappa shape index (κ1) is 23.2. The predicted molar refractivity (Wildman–Crippen MR) is 119 cm³/mol. The molecule has 1 saturated heterocycles. The maximum Gasteiger partial charge on any atom is 0.257 e. The van der Waals surface area contributed by atoms with E-state index in [1.807, 2.05) is 6.92 Å². The zero-order valence-electron chi connectivity index (χ0n) is 17.3. The number of hydrogen-bond acceptors (Lipinski definition) is 4. The van der Waals surface area contributed by atoms with Gasteiger partial charge >= 0.3 is 0 Å². The molecular formula is C22H25Cl2N3O4. The molecule has 1 atom stereocenters. The van der Waals surface area contributed by atoms with E-state index in [4.69, 9.17) is 27.6 Å². The van der Waals surface area contributed by atoms with E-state index >= 15 is 0 Å². The Balaban J connectivity index is 1.64. The number of amides is 3. The Labute approximate surface area is 191 Å². The zero-order chi connectivity index (χ0) is 22.4. The normalized spacial score (nSPS) is 16.1. The van der Waals surface area contributed by atoms with Crippen molar-refractivity contribution < 1.29 is 18.8 Å². The van der Waals surface area contributed by atoms with Crippen LogP contribution in [0.4, 0.5) is 5.69 Å². The summed E-state index contributed by atoms with van der Waals surface area (Å²) >= 11 is 12.1. The number of nitrogens with zero attached hydrogens (tertiary/aromatic N) is 2. The number of halogens is 2. The van der Waals surface area contributed by atoms with Crippen molar-refractivity contribution in [3.63, 3.8) is 0 Å². The molecule has 3 amide bonds. The summed E-state index contributed by atoms with van der Waals surface area (Å²) in [7, 11) is 0. The Hall–Kier alpha value is -2.51. The number of benzene rings is 1. The van der Waals surface area contributed by atoms with E-state index in [-0.39, 0.29) is 30.2 Å². The van der Waals surface area contributed by atoms with E-state index < -0.39 is 0 Å². The van der Waals surface area contributed by atoms with E-state index in [9.17, 15) is 14.4 Å². The Morgan fingerprint density at radius 2 is 2.06 bits per heavy atom. The summed E-state index contributed by atoms with van der Waals surface area (Å²) in [5, 5.41) is 3.54. The third-order valence-corrected chi connectivity index (χ3v) is 5.73. The summed E-state index contributed by atoms with van der Waals surface area (Å²) in [6, 6.07) is 6.41. The molecule has 0 saturated carbocycles.